The van der Waals surface area contributed by atoms with Crippen LogP contribution in [0.4, 0.5) is 0 Å². The zero-order valence-electron chi connectivity index (χ0n) is 10.6. The van der Waals surface area contributed by atoms with Crippen LogP contribution in [0.2, 0.25) is 0 Å². The summed E-state index contributed by atoms with van der Waals surface area (Å²) in [5, 5.41) is 12.3. The van der Waals surface area contributed by atoms with Gasteiger partial charge in [-0.15, -0.1) is 6.58 Å². The van der Waals surface area contributed by atoms with E-state index in [9.17, 15) is 5.21 Å². The van der Waals surface area contributed by atoms with Crippen LogP contribution in [-0.4, -0.2) is 15.9 Å². The molecule has 3 nitrogen and oxygen atoms in total. The molecule has 0 aliphatic carbocycles. The van der Waals surface area contributed by atoms with E-state index in [0.29, 0.717) is 6.42 Å². The van der Waals surface area contributed by atoms with Crippen molar-refractivity contribution in [3.63, 3.8) is 0 Å². The summed E-state index contributed by atoms with van der Waals surface area (Å²) in [6.07, 6.45) is 7.35. The molecule has 1 atom stereocenters. The Balaban J connectivity index is 2.29. The minimum Gasteiger partial charge on any atom is -0.623 e. The van der Waals surface area contributed by atoms with Crippen LogP contribution in [0, 0.1) is 5.21 Å². The predicted octanol–water partition coefficient (Wildman–Crippen LogP) is 3.33. The highest BCUT2D eigenvalue weighted by atomic mass is 16.5. The van der Waals surface area contributed by atoms with Crippen LogP contribution in [0.25, 0.3) is 0 Å². The molecular weight excluding hydrogens is 236 g/mol. The van der Waals surface area contributed by atoms with E-state index in [-0.39, 0.29) is 6.04 Å². The molecule has 0 saturated heterocycles. The van der Waals surface area contributed by atoms with Gasteiger partial charge in [0.15, 0.2) is 12.3 Å². The standard InChI is InChI=1S/C16H16N2O/c1-2-6-16(15-9-11-17-12-10-15)18(19)13-14-7-4-3-5-8-14/h2-5,7-13,16H,1,6H2/b18-13-/t16-/m1/s1. The molecule has 3 heteroatoms. The van der Waals surface area contributed by atoms with Crippen LogP contribution in [0.1, 0.15) is 23.6 Å². The summed E-state index contributed by atoms with van der Waals surface area (Å²) in [6.45, 7) is 3.72. The van der Waals surface area contributed by atoms with Crippen LogP contribution >= 0.6 is 0 Å². The lowest BCUT2D eigenvalue weighted by Crippen LogP contribution is -2.14. The average Bonchev–Trinajstić information content (AvgIpc) is 2.46. The Bertz CT molecular complexity index is 549. The zero-order valence-corrected chi connectivity index (χ0v) is 10.6. The molecule has 19 heavy (non-hydrogen) atoms. The number of benzene rings is 1. The Labute approximate surface area is 113 Å². The summed E-state index contributed by atoms with van der Waals surface area (Å²) >= 11 is 0. The molecule has 0 aliphatic heterocycles. The monoisotopic (exact) mass is 252 g/mol. The SMILES string of the molecule is C=CC[C@H](c1ccncc1)/[N+]([O-])=C/c1ccccc1. The van der Waals surface area contributed by atoms with Crippen molar-refractivity contribution < 1.29 is 4.74 Å². The molecular formula is C16H16N2O. The molecule has 0 bridgehead atoms. The Kier molecular flexibility index (Phi) is 4.45. The first-order valence-corrected chi connectivity index (χ1v) is 6.17. The minimum absolute atomic E-state index is 0.263. The highest BCUT2D eigenvalue weighted by Crippen LogP contribution is 2.20. The van der Waals surface area contributed by atoms with Gasteiger partial charge in [-0.1, -0.05) is 24.3 Å². The van der Waals surface area contributed by atoms with Crippen LogP contribution in [0.15, 0.2) is 67.5 Å². The zero-order chi connectivity index (χ0) is 13.5. The van der Waals surface area contributed by atoms with Gasteiger partial charge in [0.2, 0.25) is 0 Å². The Hall–Kier alpha value is -2.42. The van der Waals surface area contributed by atoms with Gasteiger partial charge in [0.05, 0.1) is 0 Å². The number of pyridine rings is 1. The van der Waals surface area contributed by atoms with Gasteiger partial charge >= 0.3 is 0 Å². The molecule has 0 radical (unpaired) electrons. The number of nitrogens with zero attached hydrogens (tertiary/aromatic N) is 2. The maximum atomic E-state index is 12.3. The molecule has 96 valence electrons. The number of rotatable bonds is 5. The van der Waals surface area contributed by atoms with Gasteiger partial charge in [0.25, 0.3) is 0 Å². The average molecular weight is 252 g/mol. The fourth-order valence-electron chi connectivity index (χ4n) is 1.91. The molecule has 0 saturated carbocycles. The maximum Gasteiger partial charge on any atom is 0.192 e. The van der Waals surface area contributed by atoms with E-state index in [1.807, 2.05) is 42.5 Å². The minimum atomic E-state index is -0.263. The van der Waals surface area contributed by atoms with Crippen LogP contribution < -0.4 is 0 Å². The van der Waals surface area contributed by atoms with Crippen molar-refractivity contribution in [2.45, 2.75) is 12.5 Å². The van der Waals surface area contributed by atoms with E-state index >= 15 is 0 Å². The molecule has 0 spiro atoms. The second-order valence-electron chi connectivity index (χ2n) is 4.22. The highest BCUT2D eigenvalue weighted by molar-refractivity contribution is 5.75. The molecule has 2 aromatic rings. The van der Waals surface area contributed by atoms with E-state index in [4.69, 9.17) is 0 Å². The van der Waals surface area contributed by atoms with Crippen molar-refractivity contribution in [1.82, 2.24) is 4.98 Å². The molecule has 0 N–H and O–H groups in total. The fraction of sp³-hybridized carbons (Fsp3) is 0.125. The van der Waals surface area contributed by atoms with Crippen molar-refractivity contribution in [2.75, 3.05) is 0 Å². The van der Waals surface area contributed by atoms with E-state index in [2.05, 4.69) is 11.6 Å². The smallest absolute Gasteiger partial charge is 0.192 e. The van der Waals surface area contributed by atoms with E-state index in [1.165, 1.54) is 0 Å². The van der Waals surface area contributed by atoms with Crippen molar-refractivity contribution in [2.24, 2.45) is 0 Å². The third kappa shape index (κ3) is 3.52. The highest BCUT2D eigenvalue weighted by Gasteiger charge is 2.16. The first kappa shape index (κ1) is 13.0. The largest absolute Gasteiger partial charge is 0.623 e. The van der Waals surface area contributed by atoms with Gasteiger partial charge in [-0.2, -0.15) is 0 Å². The Morgan fingerprint density at radius 3 is 2.47 bits per heavy atom. The maximum absolute atomic E-state index is 12.3. The summed E-state index contributed by atoms with van der Waals surface area (Å²) in [4.78, 5) is 3.97. The number of hydrogen-bond donors (Lipinski definition) is 0. The molecule has 1 heterocycles. The van der Waals surface area contributed by atoms with Crippen LogP contribution in [0.5, 0.6) is 0 Å². The van der Waals surface area contributed by atoms with Gasteiger partial charge in [0, 0.05) is 29.9 Å². The molecule has 2 rings (SSSR count). The van der Waals surface area contributed by atoms with E-state index in [0.717, 1.165) is 15.9 Å². The summed E-state index contributed by atoms with van der Waals surface area (Å²) in [6, 6.07) is 13.0. The van der Waals surface area contributed by atoms with Gasteiger partial charge in [-0.05, 0) is 24.3 Å². The second-order valence-corrected chi connectivity index (χ2v) is 4.22. The van der Waals surface area contributed by atoms with Crippen molar-refractivity contribution in [3.05, 3.63) is 83.8 Å². The Morgan fingerprint density at radius 1 is 1.16 bits per heavy atom. The lowest BCUT2D eigenvalue weighted by Gasteiger charge is -2.15. The van der Waals surface area contributed by atoms with E-state index in [1.54, 1.807) is 24.7 Å². The van der Waals surface area contributed by atoms with Gasteiger partial charge in [-0.3, -0.25) is 4.98 Å². The molecule has 0 unspecified atom stereocenters. The molecule has 1 aromatic heterocycles. The first-order valence-electron chi connectivity index (χ1n) is 6.17. The second kappa shape index (κ2) is 6.50. The van der Waals surface area contributed by atoms with Gasteiger partial charge in [-0.25, -0.2) is 4.74 Å². The molecule has 0 fully saturated rings. The third-order valence-electron chi connectivity index (χ3n) is 2.86. The number of hydrogen-bond acceptors (Lipinski definition) is 2. The molecule has 0 amide bonds. The predicted molar refractivity (Wildman–Crippen MR) is 77.0 cm³/mol. The van der Waals surface area contributed by atoms with Crippen LogP contribution in [-0.2, 0) is 0 Å². The summed E-state index contributed by atoms with van der Waals surface area (Å²) in [7, 11) is 0. The topological polar surface area (TPSA) is 39.0 Å². The number of hydroxylamine groups is 1. The fourth-order valence-corrected chi connectivity index (χ4v) is 1.91. The molecule has 1 aromatic carbocycles. The lowest BCUT2D eigenvalue weighted by atomic mass is 10.1. The Morgan fingerprint density at radius 2 is 1.84 bits per heavy atom. The van der Waals surface area contributed by atoms with Gasteiger partial charge in [0.1, 0.15) is 0 Å². The quantitative estimate of drug-likeness (QED) is 0.269. The number of aromatic nitrogens is 1. The summed E-state index contributed by atoms with van der Waals surface area (Å²) in [5.74, 6) is 0. The molecule has 0 aliphatic rings. The normalized spacial score (nSPS) is 12.9. The van der Waals surface area contributed by atoms with E-state index < -0.39 is 0 Å². The summed E-state index contributed by atoms with van der Waals surface area (Å²) < 4.78 is 0.979. The third-order valence-corrected chi connectivity index (χ3v) is 2.86. The van der Waals surface area contributed by atoms with Crippen LogP contribution in [0.3, 0.4) is 0 Å². The summed E-state index contributed by atoms with van der Waals surface area (Å²) in [5.41, 5.74) is 1.83. The van der Waals surface area contributed by atoms with Crippen molar-refractivity contribution in [1.29, 1.82) is 0 Å². The van der Waals surface area contributed by atoms with Crippen molar-refractivity contribution in [3.8, 4) is 0 Å². The lowest BCUT2D eigenvalue weighted by molar-refractivity contribution is -0.502. The van der Waals surface area contributed by atoms with Gasteiger partial charge < -0.3 is 5.21 Å². The first-order chi connectivity index (χ1) is 9.31. The van der Waals surface area contributed by atoms with Crippen molar-refractivity contribution >= 4 is 6.21 Å².